The van der Waals surface area contributed by atoms with Gasteiger partial charge in [-0.1, -0.05) is 0 Å². The van der Waals surface area contributed by atoms with Gasteiger partial charge in [-0.15, -0.1) is 0 Å². The molecule has 0 radical (unpaired) electrons. The number of nitrogens with zero attached hydrogens (tertiary/aromatic N) is 3. The third kappa shape index (κ3) is 2.06. The number of hydrogen-bond acceptors (Lipinski definition) is 3. The van der Waals surface area contributed by atoms with E-state index in [4.69, 9.17) is 5.10 Å². The summed E-state index contributed by atoms with van der Waals surface area (Å²) in [5.74, 6) is 0.729. The molecule has 3 heterocycles. The zero-order valence-electron chi connectivity index (χ0n) is 11.0. The van der Waals surface area contributed by atoms with Gasteiger partial charge >= 0.3 is 0 Å². The molecule has 1 fully saturated rings. The smallest absolute Gasteiger partial charge is 0.0703 e. The molecule has 19 heavy (non-hydrogen) atoms. The summed E-state index contributed by atoms with van der Waals surface area (Å²) in [7, 11) is 0. The van der Waals surface area contributed by atoms with Crippen molar-refractivity contribution in [3.8, 4) is 0 Å². The van der Waals surface area contributed by atoms with Gasteiger partial charge in [-0.2, -0.15) is 5.10 Å². The molecule has 1 saturated carbocycles. The standard InChI is InChI=1S/C15H18N4/c1-2-12(1)15-13-9-17-8-5-14(13)19(18-15)10-11-3-6-16-7-4-11/h3-4,6-7,12,17H,1-2,5,8-10H2. The quantitative estimate of drug-likeness (QED) is 0.909. The van der Waals surface area contributed by atoms with Crippen molar-refractivity contribution in [3.63, 3.8) is 0 Å². The average Bonchev–Trinajstić information content (AvgIpc) is 3.24. The second-order valence-corrected chi connectivity index (χ2v) is 5.52. The van der Waals surface area contributed by atoms with Gasteiger partial charge in [0.25, 0.3) is 0 Å². The van der Waals surface area contributed by atoms with Crippen LogP contribution in [0.2, 0.25) is 0 Å². The minimum Gasteiger partial charge on any atom is -0.312 e. The van der Waals surface area contributed by atoms with Crippen molar-refractivity contribution in [1.82, 2.24) is 20.1 Å². The molecule has 1 aliphatic carbocycles. The van der Waals surface area contributed by atoms with Crippen LogP contribution in [-0.4, -0.2) is 21.3 Å². The molecule has 4 rings (SSSR count). The van der Waals surface area contributed by atoms with Gasteiger partial charge in [0.2, 0.25) is 0 Å². The number of hydrogen-bond donors (Lipinski definition) is 1. The summed E-state index contributed by atoms with van der Waals surface area (Å²) in [4.78, 5) is 4.08. The largest absolute Gasteiger partial charge is 0.312 e. The van der Waals surface area contributed by atoms with E-state index < -0.39 is 0 Å². The molecule has 0 spiro atoms. The third-order valence-electron chi connectivity index (χ3n) is 4.08. The van der Waals surface area contributed by atoms with E-state index in [0.29, 0.717) is 0 Å². The Labute approximate surface area is 112 Å². The molecule has 98 valence electrons. The minimum absolute atomic E-state index is 0.729. The topological polar surface area (TPSA) is 42.7 Å². The molecule has 0 amide bonds. The molecule has 0 aromatic carbocycles. The molecule has 2 aromatic heterocycles. The summed E-state index contributed by atoms with van der Waals surface area (Å²) in [6.45, 7) is 2.94. The fourth-order valence-electron chi connectivity index (χ4n) is 2.92. The first-order chi connectivity index (χ1) is 9.42. The monoisotopic (exact) mass is 254 g/mol. The Bertz CT molecular complexity index is 584. The van der Waals surface area contributed by atoms with E-state index in [-0.39, 0.29) is 0 Å². The van der Waals surface area contributed by atoms with Crippen molar-refractivity contribution in [2.45, 2.75) is 38.3 Å². The van der Waals surface area contributed by atoms with Gasteiger partial charge in [-0.05, 0) is 30.5 Å². The average molecular weight is 254 g/mol. The van der Waals surface area contributed by atoms with Crippen molar-refractivity contribution < 1.29 is 0 Å². The van der Waals surface area contributed by atoms with Crippen LogP contribution in [0.5, 0.6) is 0 Å². The molecule has 0 atom stereocenters. The zero-order valence-corrected chi connectivity index (χ0v) is 11.0. The van der Waals surface area contributed by atoms with Gasteiger partial charge in [0.1, 0.15) is 0 Å². The molecule has 0 bridgehead atoms. The molecule has 2 aliphatic rings. The van der Waals surface area contributed by atoms with Crippen molar-refractivity contribution in [1.29, 1.82) is 0 Å². The summed E-state index contributed by atoms with van der Waals surface area (Å²) < 4.78 is 2.22. The molecule has 4 heteroatoms. The number of fused-ring (bicyclic) bond motifs is 1. The van der Waals surface area contributed by atoms with Gasteiger partial charge in [0, 0.05) is 49.1 Å². The highest BCUT2D eigenvalue weighted by molar-refractivity contribution is 5.34. The van der Waals surface area contributed by atoms with E-state index in [1.807, 2.05) is 12.4 Å². The van der Waals surface area contributed by atoms with Crippen LogP contribution < -0.4 is 5.32 Å². The Balaban J connectivity index is 1.71. The molecule has 4 nitrogen and oxygen atoms in total. The number of aromatic nitrogens is 3. The van der Waals surface area contributed by atoms with Gasteiger partial charge in [0.05, 0.1) is 12.2 Å². The Kier molecular flexibility index (Phi) is 2.62. The van der Waals surface area contributed by atoms with Gasteiger partial charge in [0.15, 0.2) is 0 Å². The van der Waals surface area contributed by atoms with Crippen molar-refractivity contribution in [3.05, 3.63) is 47.0 Å². The second kappa shape index (κ2) is 4.46. The van der Waals surface area contributed by atoms with Gasteiger partial charge in [-0.3, -0.25) is 9.67 Å². The van der Waals surface area contributed by atoms with Crippen LogP contribution in [0.1, 0.15) is 41.3 Å². The van der Waals surface area contributed by atoms with Crippen molar-refractivity contribution in [2.75, 3.05) is 6.54 Å². The van der Waals surface area contributed by atoms with Crippen LogP contribution in [0.25, 0.3) is 0 Å². The van der Waals surface area contributed by atoms with E-state index in [9.17, 15) is 0 Å². The second-order valence-electron chi connectivity index (χ2n) is 5.52. The van der Waals surface area contributed by atoms with Crippen LogP contribution in [0.15, 0.2) is 24.5 Å². The maximum Gasteiger partial charge on any atom is 0.0703 e. The summed E-state index contributed by atoms with van der Waals surface area (Å²) in [5.41, 5.74) is 5.55. The molecule has 0 saturated heterocycles. The summed E-state index contributed by atoms with van der Waals surface area (Å²) in [5, 5.41) is 8.38. The highest BCUT2D eigenvalue weighted by atomic mass is 15.3. The van der Waals surface area contributed by atoms with Crippen LogP contribution in [0, 0.1) is 0 Å². The SMILES string of the molecule is c1cc(Cn2nc(C3CC3)c3c2CCNC3)ccn1. The van der Waals surface area contributed by atoms with Crippen LogP contribution >= 0.6 is 0 Å². The zero-order chi connectivity index (χ0) is 12.7. The first-order valence-corrected chi connectivity index (χ1v) is 7.10. The van der Waals surface area contributed by atoms with E-state index in [1.165, 1.54) is 35.4 Å². The van der Waals surface area contributed by atoms with Crippen LogP contribution in [-0.2, 0) is 19.5 Å². The third-order valence-corrected chi connectivity index (χ3v) is 4.08. The minimum atomic E-state index is 0.729. The molecule has 2 aromatic rings. The highest BCUT2D eigenvalue weighted by Crippen LogP contribution is 2.42. The Hall–Kier alpha value is -1.68. The lowest BCUT2D eigenvalue weighted by Gasteiger charge is -2.15. The molecule has 1 N–H and O–H groups in total. The van der Waals surface area contributed by atoms with E-state index in [2.05, 4.69) is 27.1 Å². The molecular weight excluding hydrogens is 236 g/mol. The molecular formula is C15H18N4. The lowest BCUT2D eigenvalue weighted by Crippen LogP contribution is -2.25. The summed E-state index contributed by atoms with van der Waals surface area (Å²) in [6.07, 6.45) is 7.45. The van der Waals surface area contributed by atoms with Gasteiger partial charge < -0.3 is 5.32 Å². The van der Waals surface area contributed by atoms with Crippen molar-refractivity contribution >= 4 is 0 Å². The lowest BCUT2D eigenvalue weighted by atomic mass is 10.0. The number of rotatable bonds is 3. The normalized spacial score (nSPS) is 18.3. The van der Waals surface area contributed by atoms with Crippen molar-refractivity contribution in [2.24, 2.45) is 0 Å². The summed E-state index contributed by atoms with van der Waals surface area (Å²) in [6, 6.07) is 4.15. The first-order valence-electron chi connectivity index (χ1n) is 7.10. The maximum absolute atomic E-state index is 4.91. The predicted molar refractivity (Wildman–Crippen MR) is 73.0 cm³/mol. The number of pyridine rings is 1. The lowest BCUT2D eigenvalue weighted by molar-refractivity contribution is 0.582. The van der Waals surface area contributed by atoms with E-state index in [0.717, 1.165) is 32.0 Å². The first kappa shape index (κ1) is 11.2. The summed E-state index contributed by atoms with van der Waals surface area (Å²) >= 11 is 0. The fourth-order valence-corrected chi connectivity index (χ4v) is 2.92. The number of nitrogens with one attached hydrogen (secondary N) is 1. The van der Waals surface area contributed by atoms with E-state index in [1.54, 1.807) is 0 Å². The van der Waals surface area contributed by atoms with E-state index >= 15 is 0 Å². The van der Waals surface area contributed by atoms with Gasteiger partial charge in [-0.25, -0.2) is 0 Å². The fraction of sp³-hybridized carbons (Fsp3) is 0.467. The molecule has 0 unspecified atom stereocenters. The van der Waals surface area contributed by atoms with Crippen LogP contribution in [0.3, 0.4) is 0 Å². The maximum atomic E-state index is 4.91. The Morgan fingerprint density at radius 1 is 1.26 bits per heavy atom. The van der Waals surface area contributed by atoms with Crippen LogP contribution in [0.4, 0.5) is 0 Å². The Morgan fingerprint density at radius 3 is 2.89 bits per heavy atom. The molecule has 1 aliphatic heterocycles. The predicted octanol–water partition coefficient (Wildman–Crippen LogP) is 1.85. The highest BCUT2D eigenvalue weighted by Gasteiger charge is 2.32. The Morgan fingerprint density at radius 2 is 2.11 bits per heavy atom.